The number of hydrogen-bond acceptors (Lipinski definition) is 4. The Morgan fingerprint density at radius 2 is 2.14 bits per heavy atom. The van der Waals surface area contributed by atoms with Crippen LogP contribution in [0.15, 0.2) is 42.5 Å². The lowest BCUT2D eigenvalue weighted by molar-refractivity contribution is -0.117. The molecular formula is C22H24N2O4. The van der Waals surface area contributed by atoms with E-state index in [1.807, 2.05) is 36.4 Å². The van der Waals surface area contributed by atoms with Crippen molar-refractivity contribution >= 4 is 23.2 Å². The minimum Gasteiger partial charge on any atom is -0.494 e. The fourth-order valence-electron chi connectivity index (χ4n) is 3.94. The van der Waals surface area contributed by atoms with E-state index in [1.54, 1.807) is 18.1 Å². The van der Waals surface area contributed by atoms with Crippen molar-refractivity contribution in [1.29, 1.82) is 0 Å². The quantitative estimate of drug-likeness (QED) is 0.859. The molecule has 0 saturated carbocycles. The second-order valence-electron chi connectivity index (χ2n) is 7.16. The molecule has 2 aliphatic heterocycles. The molecule has 2 aromatic rings. The lowest BCUT2D eigenvalue weighted by Crippen LogP contribution is -2.24. The molecule has 4 rings (SSSR count). The Kier molecular flexibility index (Phi) is 5.19. The summed E-state index contributed by atoms with van der Waals surface area (Å²) in [6.45, 7) is 1.32. The first-order valence-electron chi connectivity index (χ1n) is 9.65. The Bertz CT molecular complexity index is 896. The van der Waals surface area contributed by atoms with E-state index in [-0.39, 0.29) is 17.7 Å². The number of anilines is 2. The SMILES string of the molecule is COc1cc(NC(=O)CC2CCOc3ccccc32)ccc1N1CCCC1=O. The maximum absolute atomic E-state index is 12.6. The summed E-state index contributed by atoms with van der Waals surface area (Å²) in [4.78, 5) is 26.4. The lowest BCUT2D eigenvalue weighted by atomic mass is 9.90. The molecule has 1 fully saturated rings. The summed E-state index contributed by atoms with van der Waals surface area (Å²) in [5.74, 6) is 1.66. The van der Waals surface area contributed by atoms with Gasteiger partial charge in [-0.1, -0.05) is 18.2 Å². The van der Waals surface area contributed by atoms with E-state index in [4.69, 9.17) is 9.47 Å². The summed E-state index contributed by atoms with van der Waals surface area (Å²) in [5, 5.41) is 2.96. The fraction of sp³-hybridized carbons (Fsp3) is 0.364. The molecule has 146 valence electrons. The number of methoxy groups -OCH3 is 1. The van der Waals surface area contributed by atoms with Crippen molar-refractivity contribution in [2.75, 3.05) is 30.5 Å². The lowest BCUT2D eigenvalue weighted by Gasteiger charge is -2.25. The molecule has 0 bridgehead atoms. The first-order valence-corrected chi connectivity index (χ1v) is 9.65. The molecule has 1 unspecified atom stereocenters. The number of nitrogens with zero attached hydrogens (tertiary/aromatic N) is 1. The maximum Gasteiger partial charge on any atom is 0.227 e. The normalized spacial score (nSPS) is 18.4. The Labute approximate surface area is 164 Å². The first-order chi connectivity index (χ1) is 13.7. The molecule has 2 amide bonds. The van der Waals surface area contributed by atoms with Crippen molar-refractivity contribution in [2.45, 2.75) is 31.6 Å². The van der Waals surface area contributed by atoms with Gasteiger partial charge in [0.1, 0.15) is 11.5 Å². The summed E-state index contributed by atoms with van der Waals surface area (Å²) in [7, 11) is 1.57. The van der Waals surface area contributed by atoms with E-state index >= 15 is 0 Å². The highest BCUT2D eigenvalue weighted by atomic mass is 16.5. The summed E-state index contributed by atoms with van der Waals surface area (Å²) in [5.41, 5.74) is 2.50. The minimum absolute atomic E-state index is 0.0474. The second-order valence-corrected chi connectivity index (χ2v) is 7.16. The van der Waals surface area contributed by atoms with Crippen LogP contribution in [0.3, 0.4) is 0 Å². The van der Waals surface area contributed by atoms with Crippen LogP contribution in [0.25, 0.3) is 0 Å². The van der Waals surface area contributed by atoms with Gasteiger partial charge in [0.05, 0.1) is 19.4 Å². The number of nitrogens with one attached hydrogen (secondary N) is 1. The first kappa shape index (κ1) is 18.3. The van der Waals surface area contributed by atoms with Gasteiger partial charge in [0, 0.05) is 31.1 Å². The van der Waals surface area contributed by atoms with Crippen LogP contribution in [-0.2, 0) is 9.59 Å². The van der Waals surface area contributed by atoms with E-state index < -0.39 is 0 Å². The Morgan fingerprint density at radius 1 is 1.29 bits per heavy atom. The molecule has 1 N–H and O–H groups in total. The van der Waals surface area contributed by atoms with Gasteiger partial charge in [-0.25, -0.2) is 0 Å². The van der Waals surface area contributed by atoms with Gasteiger partial charge in [0.2, 0.25) is 11.8 Å². The molecule has 2 heterocycles. The van der Waals surface area contributed by atoms with E-state index in [1.165, 1.54) is 0 Å². The number of hydrogen-bond donors (Lipinski definition) is 1. The summed E-state index contributed by atoms with van der Waals surface area (Å²) < 4.78 is 11.1. The maximum atomic E-state index is 12.6. The van der Waals surface area contributed by atoms with E-state index in [0.717, 1.165) is 29.8 Å². The number of carbonyl (C=O) groups excluding carboxylic acids is 2. The summed E-state index contributed by atoms with van der Waals surface area (Å²) in [6, 6.07) is 13.3. The van der Waals surface area contributed by atoms with Gasteiger partial charge in [-0.05, 0) is 42.5 Å². The number of carbonyl (C=O) groups is 2. The van der Waals surface area contributed by atoms with Crippen molar-refractivity contribution in [1.82, 2.24) is 0 Å². The minimum atomic E-state index is -0.0474. The van der Waals surface area contributed by atoms with Crippen LogP contribution in [0.2, 0.25) is 0 Å². The molecule has 0 radical (unpaired) electrons. The second kappa shape index (κ2) is 7.92. The molecule has 6 heteroatoms. The molecule has 6 nitrogen and oxygen atoms in total. The van der Waals surface area contributed by atoms with Gasteiger partial charge in [-0.2, -0.15) is 0 Å². The Balaban J connectivity index is 1.46. The Morgan fingerprint density at radius 3 is 2.93 bits per heavy atom. The van der Waals surface area contributed by atoms with Crippen LogP contribution in [0.5, 0.6) is 11.5 Å². The number of para-hydroxylation sites is 1. The van der Waals surface area contributed by atoms with Crippen LogP contribution in [0.1, 0.15) is 37.2 Å². The predicted molar refractivity (Wildman–Crippen MR) is 107 cm³/mol. The van der Waals surface area contributed by atoms with Crippen LogP contribution in [0, 0.1) is 0 Å². The van der Waals surface area contributed by atoms with Gasteiger partial charge < -0.3 is 19.7 Å². The highest BCUT2D eigenvalue weighted by molar-refractivity contribution is 5.98. The Hall–Kier alpha value is -3.02. The number of rotatable bonds is 5. The number of ether oxygens (including phenoxy) is 2. The molecule has 0 aromatic heterocycles. The van der Waals surface area contributed by atoms with Crippen molar-refractivity contribution in [2.24, 2.45) is 0 Å². The van der Waals surface area contributed by atoms with Crippen LogP contribution < -0.4 is 19.7 Å². The third-order valence-electron chi connectivity index (χ3n) is 5.34. The van der Waals surface area contributed by atoms with E-state index in [0.29, 0.717) is 37.4 Å². The van der Waals surface area contributed by atoms with Gasteiger partial charge >= 0.3 is 0 Å². The molecule has 0 spiro atoms. The zero-order valence-electron chi connectivity index (χ0n) is 15.9. The summed E-state index contributed by atoms with van der Waals surface area (Å²) >= 11 is 0. The standard InChI is InChI=1S/C22H24N2O4/c1-27-20-14-16(8-9-18(20)24-11-4-7-22(24)26)23-21(25)13-15-10-12-28-19-6-3-2-5-17(15)19/h2-3,5-6,8-9,14-15H,4,7,10-13H2,1H3,(H,23,25). The summed E-state index contributed by atoms with van der Waals surface area (Å²) in [6.07, 6.45) is 2.64. The van der Waals surface area contributed by atoms with Crippen molar-refractivity contribution in [3.63, 3.8) is 0 Å². The van der Waals surface area contributed by atoms with Crippen LogP contribution >= 0.6 is 0 Å². The van der Waals surface area contributed by atoms with Crippen molar-refractivity contribution in [3.05, 3.63) is 48.0 Å². The predicted octanol–water partition coefficient (Wildman–Crippen LogP) is 3.72. The van der Waals surface area contributed by atoms with E-state index in [2.05, 4.69) is 5.32 Å². The molecule has 1 atom stereocenters. The number of fused-ring (bicyclic) bond motifs is 1. The molecule has 2 aliphatic rings. The van der Waals surface area contributed by atoms with Crippen LogP contribution in [0.4, 0.5) is 11.4 Å². The highest BCUT2D eigenvalue weighted by Crippen LogP contribution is 2.36. The largest absolute Gasteiger partial charge is 0.494 e. The molecular weight excluding hydrogens is 356 g/mol. The highest BCUT2D eigenvalue weighted by Gasteiger charge is 2.26. The van der Waals surface area contributed by atoms with Crippen LogP contribution in [-0.4, -0.2) is 32.1 Å². The van der Waals surface area contributed by atoms with Gasteiger partial charge in [-0.3, -0.25) is 9.59 Å². The number of benzene rings is 2. The molecule has 1 saturated heterocycles. The third kappa shape index (κ3) is 3.67. The average molecular weight is 380 g/mol. The third-order valence-corrected chi connectivity index (χ3v) is 5.34. The zero-order valence-corrected chi connectivity index (χ0v) is 15.9. The van der Waals surface area contributed by atoms with Gasteiger partial charge in [0.25, 0.3) is 0 Å². The van der Waals surface area contributed by atoms with Crippen molar-refractivity contribution < 1.29 is 19.1 Å². The molecule has 2 aromatic carbocycles. The zero-order chi connectivity index (χ0) is 19.5. The smallest absolute Gasteiger partial charge is 0.227 e. The van der Waals surface area contributed by atoms with E-state index in [9.17, 15) is 9.59 Å². The monoisotopic (exact) mass is 380 g/mol. The molecule has 28 heavy (non-hydrogen) atoms. The fourth-order valence-corrected chi connectivity index (χ4v) is 3.94. The number of amides is 2. The molecule has 0 aliphatic carbocycles. The van der Waals surface area contributed by atoms with Crippen molar-refractivity contribution in [3.8, 4) is 11.5 Å². The van der Waals surface area contributed by atoms with Gasteiger partial charge in [0.15, 0.2) is 0 Å². The van der Waals surface area contributed by atoms with Gasteiger partial charge in [-0.15, -0.1) is 0 Å². The average Bonchev–Trinajstić information content (AvgIpc) is 3.14. The topological polar surface area (TPSA) is 67.9 Å².